The standard InChI is InChI=1S/C17H22N2O3/c1-11(15(20)18-17(2,3)4)22-16(21)13-10-19(5)14-9-7-6-8-12(13)14/h6-11H,1-5H3,(H,18,20)/t11-/m0/s1. The van der Waals surface area contributed by atoms with E-state index in [1.165, 1.54) is 0 Å². The van der Waals surface area contributed by atoms with E-state index in [9.17, 15) is 9.59 Å². The first-order valence-corrected chi connectivity index (χ1v) is 7.26. The summed E-state index contributed by atoms with van der Waals surface area (Å²) >= 11 is 0. The Labute approximate surface area is 130 Å². The van der Waals surface area contributed by atoms with Gasteiger partial charge in [0.1, 0.15) is 0 Å². The molecule has 1 atom stereocenters. The minimum absolute atomic E-state index is 0.305. The molecule has 0 saturated heterocycles. The van der Waals surface area contributed by atoms with Gasteiger partial charge in [0.05, 0.1) is 5.56 Å². The summed E-state index contributed by atoms with van der Waals surface area (Å²) < 4.78 is 7.17. The molecule has 0 unspecified atom stereocenters. The summed E-state index contributed by atoms with van der Waals surface area (Å²) in [5.41, 5.74) is 1.05. The van der Waals surface area contributed by atoms with Crippen LogP contribution in [-0.4, -0.2) is 28.1 Å². The highest BCUT2D eigenvalue weighted by atomic mass is 16.5. The van der Waals surface area contributed by atoms with Gasteiger partial charge in [-0.1, -0.05) is 18.2 Å². The molecule has 118 valence electrons. The maximum atomic E-state index is 12.3. The van der Waals surface area contributed by atoms with Gasteiger partial charge in [0.2, 0.25) is 0 Å². The first-order chi connectivity index (χ1) is 10.2. The third-order valence-electron chi connectivity index (χ3n) is 3.27. The Morgan fingerprint density at radius 1 is 1.23 bits per heavy atom. The molecule has 0 spiro atoms. The second-order valence-corrected chi connectivity index (χ2v) is 6.46. The zero-order valence-corrected chi connectivity index (χ0v) is 13.6. The van der Waals surface area contributed by atoms with Crippen molar-refractivity contribution in [3.63, 3.8) is 0 Å². The Hall–Kier alpha value is -2.30. The average Bonchev–Trinajstić information content (AvgIpc) is 2.75. The molecule has 2 aromatic rings. The molecule has 5 heteroatoms. The van der Waals surface area contributed by atoms with Crippen LogP contribution in [0.15, 0.2) is 30.5 Å². The zero-order chi connectivity index (χ0) is 16.5. The molecule has 1 N–H and O–H groups in total. The summed E-state index contributed by atoms with van der Waals surface area (Å²) in [6, 6.07) is 7.58. The van der Waals surface area contributed by atoms with Crippen molar-refractivity contribution in [1.82, 2.24) is 9.88 Å². The Morgan fingerprint density at radius 3 is 2.50 bits per heavy atom. The molecule has 2 rings (SSSR count). The summed E-state index contributed by atoms with van der Waals surface area (Å²) in [7, 11) is 1.87. The lowest BCUT2D eigenvalue weighted by molar-refractivity contribution is -0.130. The molecule has 0 saturated carbocycles. The van der Waals surface area contributed by atoms with E-state index in [1.807, 2.05) is 56.7 Å². The van der Waals surface area contributed by atoms with E-state index >= 15 is 0 Å². The fraction of sp³-hybridized carbons (Fsp3) is 0.412. The van der Waals surface area contributed by atoms with Crippen LogP contribution >= 0.6 is 0 Å². The molecule has 0 bridgehead atoms. The molecule has 1 aromatic carbocycles. The van der Waals surface area contributed by atoms with Gasteiger partial charge >= 0.3 is 5.97 Å². The monoisotopic (exact) mass is 302 g/mol. The fourth-order valence-corrected chi connectivity index (χ4v) is 2.25. The largest absolute Gasteiger partial charge is 0.449 e. The number of carbonyl (C=O) groups excluding carboxylic acids is 2. The third kappa shape index (κ3) is 3.47. The number of ether oxygens (including phenoxy) is 1. The van der Waals surface area contributed by atoms with Gasteiger partial charge in [-0.3, -0.25) is 4.79 Å². The number of amides is 1. The molecule has 0 fully saturated rings. The number of esters is 1. The minimum atomic E-state index is -0.842. The second-order valence-electron chi connectivity index (χ2n) is 6.46. The van der Waals surface area contributed by atoms with Gasteiger partial charge < -0.3 is 14.6 Å². The van der Waals surface area contributed by atoms with Crippen LogP contribution in [0.3, 0.4) is 0 Å². The van der Waals surface area contributed by atoms with Crippen molar-refractivity contribution in [3.05, 3.63) is 36.0 Å². The highest BCUT2D eigenvalue weighted by molar-refractivity contribution is 6.05. The summed E-state index contributed by atoms with van der Waals surface area (Å²) in [6.45, 7) is 7.21. The van der Waals surface area contributed by atoms with E-state index in [-0.39, 0.29) is 11.4 Å². The minimum Gasteiger partial charge on any atom is -0.449 e. The summed E-state index contributed by atoms with van der Waals surface area (Å²) in [5.74, 6) is -0.797. The van der Waals surface area contributed by atoms with E-state index in [0.717, 1.165) is 10.9 Å². The van der Waals surface area contributed by atoms with E-state index in [2.05, 4.69) is 5.32 Å². The predicted octanol–water partition coefficient (Wildman–Crippen LogP) is 2.64. The van der Waals surface area contributed by atoms with Crippen molar-refractivity contribution in [2.45, 2.75) is 39.3 Å². The molecule has 1 aromatic heterocycles. The van der Waals surface area contributed by atoms with Crippen molar-refractivity contribution in [2.24, 2.45) is 7.05 Å². The SMILES string of the molecule is C[C@H](OC(=O)c1cn(C)c2ccccc12)C(=O)NC(C)(C)C. The Bertz CT molecular complexity index is 710. The van der Waals surface area contributed by atoms with Crippen molar-refractivity contribution in [3.8, 4) is 0 Å². The first kappa shape index (κ1) is 16.1. The molecule has 1 amide bonds. The van der Waals surface area contributed by atoms with Crippen molar-refractivity contribution >= 4 is 22.8 Å². The van der Waals surface area contributed by atoms with E-state index < -0.39 is 12.1 Å². The maximum Gasteiger partial charge on any atom is 0.341 e. The zero-order valence-electron chi connectivity index (χ0n) is 13.6. The molecular formula is C17H22N2O3. The number of benzene rings is 1. The molecular weight excluding hydrogens is 280 g/mol. The van der Waals surface area contributed by atoms with Gasteiger partial charge in [-0.2, -0.15) is 0 Å². The van der Waals surface area contributed by atoms with E-state index in [1.54, 1.807) is 13.1 Å². The predicted molar refractivity (Wildman–Crippen MR) is 85.7 cm³/mol. The number of rotatable bonds is 3. The lowest BCUT2D eigenvalue weighted by Gasteiger charge is -2.23. The van der Waals surface area contributed by atoms with Crippen LogP contribution in [0.25, 0.3) is 10.9 Å². The van der Waals surface area contributed by atoms with E-state index in [4.69, 9.17) is 4.74 Å². The van der Waals surface area contributed by atoms with Gasteiger partial charge in [-0.05, 0) is 33.8 Å². The number of nitrogens with one attached hydrogen (secondary N) is 1. The molecule has 22 heavy (non-hydrogen) atoms. The molecule has 0 aliphatic rings. The lowest BCUT2D eigenvalue weighted by Crippen LogP contribution is -2.46. The summed E-state index contributed by atoms with van der Waals surface area (Å²) in [5, 5.41) is 3.61. The van der Waals surface area contributed by atoms with Crippen LogP contribution in [0.1, 0.15) is 38.1 Å². The van der Waals surface area contributed by atoms with Crippen molar-refractivity contribution < 1.29 is 14.3 Å². The highest BCUT2D eigenvalue weighted by Gasteiger charge is 2.24. The van der Waals surface area contributed by atoms with Crippen LogP contribution in [0.2, 0.25) is 0 Å². The van der Waals surface area contributed by atoms with Crippen LogP contribution in [0.4, 0.5) is 0 Å². The number of para-hydroxylation sites is 1. The second kappa shape index (κ2) is 5.83. The molecule has 0 aliphatic carbocycles. The van der Waals surface area contributed by atoms with E-state index in [0.29, 0.717) is 5.56 Å². The molecule has 0 aliphatic heterocycles. The Kier molecular flexibility index (Phi) is 4.26. The number of nitrogens with zero attached hydrogens (tertiary/aromatic N) is 1. The summed E-state index contributed by atoms with van der Waals surface area (Å²) in [4.78, 5) is 24.3. The van der Waals surface area contributed by atoms with Gasteiger partial charge in [-0.15, -0.1) is 0 Å². The van der Waals surface area contributed by atoms with Crippen LogP contribution in [0.5, 0.6) is 0 Å². The first-order valence-electron chi connectivity index (χ1n) is 7.26. The Morgan fingerprint density at radius 2 is 1.86 bits per heavy atom. The van der Waals surface area contributed by atoms with Gasteiger partial charge in [0.15, 0.2) is 6.10 Å². The average molecular weight is 302 g/mol. The number of hydrogen-bond acceptors (Lipinski definition) is 3. The normalized spacial score (nSPS) is 13.0. The Balaban J connectivity index is 2.16. The van der Waals surface area contributed by atoms with Gasteiger partial charge in [0.25, 0.3) is 5.91 Å². The van der Waals surface area contributed by atoms with Gasteiger partial charge in [0, 0.05) is 29.7 Å². The number of aryl methyl sites for hydroxylation is 1. The topological polar surface area (TPSA) is 60.3 Å². The fourth-order valence-electron chi connectivity index (χ4n) is 2.25. The molecule has 1 heterocycles. The van der Waals surface area contributed by atoms with Crippen molar-refractivity contribution in [2.75, 3.05) is 0 Å². The highest BCUT2D eigenvalue weighted by Crippen LogP contribution is 2.21. The number of fused-ring (bicyclic) bond motifs is 1. The maximum absolute atomic E-state index is 12.3. The molecule has 0 radical (unpaired) electrons. The number of carbonyl (C=O) groups is 2. The van der Waals surface area contributed by atoms with Crippen LogP contribution in [0, 0.1) is 0 Å². The lowest BCUT2D eigenvalue weighted by atomic mass is 10.1. The number of aromatic nitrogens is 1. The van der Waals surface area contributed by atoms with Gasteiger partial charge in [-0.25, -0.2) is 4.79 Å². The third-order valence-corrected chi connectivity index (χ3v) is 3.27. The smallest absolute Gasteiger partial charge is 0.341 e. The quantitative estimate of drug-likeness (QED) is 0.887. The number of hydrogen-bond donors (Lipinski definition) is 1. The molecule has 5 nitrogen and oxygen atoms in total. The van der Waals surface area contributed by atoms with Crippen LogP contribution in [-0.2, 0) is 16.6 Å². The van der Waals surface area contributed by atoms with Crippen molar-refractivity contribution in [1.29, 1.82) is 0 Å². The van der Waals surface area contributed by atoms with Crippen LogP contribution < -0.4 is 5.32 Å². The summed E-state index contributed by atoms with van der Waals surface area (Å²) in [6.07, 6.45) is 0.882.